The maximum atomic E-state index is 12.6. The summed E-state index contributed by atoms with van der Waals surface area (Å²) in [5.74, 6) is -2.75. The zero-order valence-electron chi connectivity index (χ0n) is 21.9. The fraction of sp³-hybridized carbons (Fsp3) is 0.360. The number of ether oxygens (including phenoxy) is 3. The number of carbonyl (C=O) groups is 5. The van der Waals surface area contributed by atoms with Crippen LogP contribution in [-0.2, 0) is 30.8 Å². The number of amides is 2. The zero-order chi connectivity index (χ0) is 28.7. The molecule has 2 aromatic heterocycles. The molecule has 0 aliphatic carbocycles. The number of aromatic nitrogens is 1. The summed E-state index contributed by atoms with van der Waals surface area (Å²) in [7, 11) is 3.07. The summed E-state index contributed by atoms with van der Waals surface area (Å²) in [4.78, 5) is 66.5. The Morgan fingerprint density at radius 1 is 1.00 bits per heavy atom. The van der Waals surface area contributed by atoms with Crippen LogP contribution in [0.4, 0.5) is 5.00 Å². The van der Waals surface area contributed by atoms with Crippen molar-refractivity contribution in [2.75, 3.05) is 37.1 Å². The number of thiazole rings is 1. The van der Waals surface area contributed by atoms with Crippen LogP contribution in [-0.4, -0.2) is 66.1 Å². The van der Waals surface area contributed by atoms with E-state index in [2.05, 4.69) is 10.3 Å². The molecule has 0 saturated heterocycles. The number of hydrogen-bond donors (Lipinski definition) is 1. The van der Waals surface area contributed by atoms with Crippen molar-refractivity contribution in [3.05, 3.63) is 44.6 Å². The molecule has 3 rings (SSSR count). The van der Waals surface area contributed by atoms with Crippen LogP contribution in [0.3, 0.4) is 0 Å². The molecule has 0 aliphatic rings. The third-order valence-corrected chi connectivity index (χ3v) is 8.45. The summed E-state index contributed by atoms with van der Waals surface area (Å²) in [5.41, 5.74) is 1.66. The van der Waals surface area contributed by atoms with Crippen LogP contribution in [0.25, 0.3) is 10.2 Å². The van der Waals surface area contributed by atoms with E-state index in [4.69, 9.17) is 14.2 Å². The molecule has 0 saturated carbocycles. The number of nitrogens with zero attached hydrogens (tertiary/aromatic N) is 2. The van der Waals surface area contributed by atoms with Crippen LogP contribution in [0, 0.1) is 6.92 Å². The molecule has 1 aromatic carbocycles. The first-order valence-electron chi connectivity index (χ1n) is 11.7. The van der Waals surface area contributed by atoms with E-state index in [-0.39, 0.29) is 40.2 Å². The summed E-state index contributed by atoms with van der Waals surface area (Å²) in [5, 5.41) is 2.83. The Bertz CT molecular complexity index is 1500. The average Bonchev–Trinajstić information content (AvgIpc) is 3.38. The molecule has 208 valence electrons. The molecular formula is C25H27N3O8S3. The lowest BCUT2D eigenvalue weighted by Gasteiger charge is -2.06. The number of methoxy groups -OCH3 is 1. The molecule has 2 amide bonds. The molecule has 2 heterocycles. The molecule has 3 aromatic rings. The van der Waals surface area contributed by atoms with E-state index < -0.39 is 29.7 Å². The first-order chi connectivity index (χ1) is 18.6. The summed E-state index contributed by atoms with van der Waals surface area (Å²) in [6, 6.07) is 5.07. The second-order valence-electron chi connectivity index (χ2n) is 7.87. The lowest BCUT2D eigenvalue weighted by atomic mass is 10.1. The number of rotatable bonds is 10. The molecule has 0 unspecified atom stereocenters. The summed E-state index contributed by atoms with van der Waals surface area (Å²) in [6.07, 6.45) is 0. The lowest BCUT2D eigenvalue weighted by molar-refractivity contribution is -0.115. The number of esters is 3. The van der Waals surface area contributed by atoms with Crippen molar-refractivity contribution in [2.45, 2.75) is 20.8 Å². The number of thioether (sulfide) groups is 1. The molecule has 0 fully saturated rings. The molecule has 1 N–H and O–H groups in total. The zero-order valence-corrected chi connectivity index (χ0v) is 24.4. The van der Waals surface area contributed by atoms with Crippen LogP contribution in [0.15, 0.2) is 23.2 Å². The van der Waals surface area contributed by atoms with Gasteiger partial charge in [-0.2, -0.15) is 4.99 Å². The van der Waals surface area contributed by atoms with Crippen molar-refractivity contribution in [3.8, 4) is 0 Å². The van der Waals surface area contributed by atoms with E-state index in [1.54, 1.807) is 50.6 Å². The minimum Gasteiger partial charge on any atom is -0.465 e. The predicted molar refractivity (Wildman–Crippen MR) is 150 cm³/mol. The number of carbonyl (C=O) groups excluding carboxylic acids is 5. The Balaban J connectivity index is 1.68. The predicted octanol–water partition coefficient (Wildman–Crippen LogP) is 3.55. The van der Waals surface area contributed by atoms with Crippen LogP contribution >= 0.6 is 34.4 Å². The SMILES string of the molecule is CCOC(=O)c1sc(NC(=O)CSCC(=O)N=c2sc3cc(C(=O)OC)ccc3n2C)c(C(=O)OCC)c1C. The number of hydrogen-bond acceptors (Lipinski definition) is 11. The fourth-order valence-electron chi connectivity index (χ4n) is 3.46. The van der Waals surface area contributed by atoms with Crippen molar-refractivity contribution >= 4 is 79.4 Å². The van der Waals surface area contributed by atoms with Crippen LogP contribution < -0.4 is 10.1 Å². The smallest absolute Gasteiger partial charge is 0.348 e. The molecule has 11 nitrogen and oxygen atoms in total. The van der Waals surface area contributed by atoms with Crippen molar-refractivity contribution in [1.82, 2.24) is 4.57 Å². The van der Waals surface area contributed by atoms with Gasteiger partial charge in [0.1, 0.15) is 9.88 Å². The monoisotopic (exact) mass is 593 g/mol. The Hall–Kier alpha value is -3.49. The highest BCUT2D eigenvalue weighted by atomic mass is 32.2. The third kappa shape index (κ3) is 7.13. The van der Waals surface area contributed by atoms with E-state index in [0.717, 1.165) is 33.3 Å². The van der Waals surface area contributed by atoms with Gasteiger partial charge in [-0.3, -0.25) is 9.59 Å². The van der Waals surface area contributed by atoms with Crippen LogP contribution in [0.1, 0.15) is 49.8 Å². The normalized spacial score (nSPS) is 11.4. The van der Waals surface area contributed by atoms with Crippen LogP contribution in [0.5, 0.6) is 0 Å². The Kier molecular flexibility index (Phi) is 10.4. The number of aryl methyl sites for hydroxylation is 1. The number of thiophene rings is 1. The minimum absolute atomic E-state index is 0.0582. The van der Waals surface area contributed by atoms with Gasteiger partial charge in [-0.15, -0.1) is 23.1 Å². The molecule has 14 heteroatoms. The molecular weight excluding hydrogens is 566 g/mol. The quantitative estimate of drug-likeness (QED) is 0.276. The highest BCUT2D eigenvalue weighted by molar-refractivity contribution is 8.00. The van der Waals surface area contributed by atoms with Gasteiger partial charge in [-0.25, -0.2) is 14.4 Å². The molecule has 0 bridgehead atoms. The van der Waals surface area contributed by atoms with Crippen molar-refractivity contribution in [1.29, 1.82) is 0 Å². The highest BCUT2D eigenvalue weighted by Crippen LogP contribution is 2.34. The van der Waals surface area contributed by atoms with Crippen molar-refractivity contribution < 1.29 is 38.2 Å². The van der Waals surface area contributed by atoms with Gasteiger partial charge < -0.3 is 24.1 Å². The van der Waals surface area contributed by atoms with E-state index in [9.17, 15) is 24.0 Å². The largest absolute Gasteiger partial charge is 0.465 e. The Morgan fingerprint density at radius 2 is 1.69 bits per heavy atom. The Morgan fingerprint density at radius 3 is 2.36 bits per heavy atom. The van der Waals surface area contributed by atoms with Gasteiger partial charge in [0.2, 0.25) is 5.91 Å². The second-order valence-corrected chi connectivity index (χ2v) is 10.9. The van der Waals surface area contributed by atoms with E-state index >= 15 is 0 Å². The number of benzene rings is 1. The maximum Gasteiger partial charge on any atom is 0.348 e. The summed E-state index contributed by atoms with van der Waals surface area (Å²) < 4.78 is 17.4. The first-order valence-corrected chi connectivity index (χ1v) is 14.5. The topological polar surface area (TPSA) is 142 Å². The third-order valence-electron chi connectivity index (χ3n) is 5.25. The molecule has 0 radical (unpaired) electrons. The van der Waals surface area contributed by atoms with Crippen molar-refractivity contribution in [3.63, 3.8) is 0 Å². The number of fused-ring (bicyclic) bond motifs is 1. The van der Waals surface area contributed by atoms with Gasteiger partial charge in [-0.1, -0.05) is 11.3 Å². The lowest BCUT2D eigenvalue weighted by Crippen LogP contribution is -2.18. The van der Waals surface area contributed by atoms with Gasteiger partial charge in [0.25, 0.3) is 5.91 Å². The average molecular weight is 594 g/mol. The summed E-state index contributed by atoms with van der Waals surface area (Å²) in [6.45, 7) is 5.20. The fourth-order valence-corrected chi connectivity index (χ4v) is 6.24. The van der Waals surface area contributed by atoms with Gasteiger partial charge in [0, 0.05) is 7.05 Å². The molecule has 0 aliphatic heterocycles. The number of anilines is 1. The highest BCUT2D eigenvalue weighted by Gasteiger charge is 2.27. The number of nitrogens with one attached hydrogen (secondary N) is 1. The van der Waals surface area contributed by atoms with Crippen LogP contribution in [0.2, 0.25) is 0 Å². The molecule has 39 heavy (non-hydrogen) atoms. The van der Waals surface area contributed by atoms with Gasteiger partial charge >= 0.3 is 17.9 Å². The Labute approximate surface area is 236 Å². The first kappa shape index (κ1) is 30.1. The standard InChI is InChI=1S/C25H27N3O8S3/c1-6-35-23(32)19-13(3)20(24(33)36-7-2)39-21(19)26-17(29)11-37-12-18(30)27-25-28(4)15-9-8-14(22(31)34-5)10-16(15)38-25/h8-10H,6-7,11-12H2,1-5H3,(H,26,29). The second kappa shape index (κ2) is 13.5. The van der Waals surface area contributed by atoms with E-state index in [0.29, 0.717) is 15.9 Å². The van der Waals surface area contributed by atoms with E-state index in [1.807, 2.05) is 0 Å². The molecule has 0 atom stereocenters. The van der Waals surface area contributed by atoms with E-state index in [1.165, 1.54) is 18.4 Å². The van der Waals surface area contributed by atoms with Crippen molar-refractivity contribution in [2.24, 2.45) is 12.0 Å². The minimum atomic E-state index is -0.659. The van der Waals surface area contributed by atoms with Gasteiger partial charge in [0.15, 0.2) is 4.80 Å². The molecule has 0 spiro atoms. The summed E-state index contributed by atoms with van der Waals surface area (Å²) >= 11 is 3.24. The van der Waals surface area contributed by atoms with Gasteiger partial charge in [-0.05, 0) is 44.5 Å². The van der Waals surface area contributed by atoms with Gasteiger partial charge in [0.05, 0.1) is 53.2 Å². The maximum absolute atomic E-state index is 12.6.